The number of nitrogens with zero attached hydrogens (tertiary/aromatic N) is 3. The Morgan fingerprint density at radius 3 is 2.96 bits per heavy atom. The van der Waals surface area contributed by atoms with Gasteiger partial charge in [0.1, 0.15) is 35.5 Å². The molecule has 0 amide bonds. The van der Waals surface area contributed by atoms with Gasteiger partial charge in [0, 0.05) is 12.3 Å². The van der Waals surface area contributed by atoms with Crippen LogP contribution in [0.4, 0.5) is 0 Å². The largest absolute Gasteiger partial charge is 0.491 e. The molecule has 0 aliphatic carbocycles. The molecule has 7 nitrogen and oxygen atoms in total. The number of fused-ring (bicyclic) bond motifs is 1. The van der Waals surface area contributed by atoms with E-state index in [-0.39, 0.29) is 19.8 Å². The Morgan fingerprint density at radius 2 is 2.17 bits per heavy atom. The highest BCUT2D eigenvalue weighted by molar-refractivity contribution is 5.80. The van der Waals surface area contributed by atoms with Crippen LogP contribution in [0, 0.1) is 11.3 Å². The Morgan fingerprint density at radius 1 is 1.26 bits per heavy atom. The smallest absolute Gasteiger partial charge is 0.174 e. The number of imidazole rings is 1. The van der Waals surface area contributed by atoms with E-state index in [0.29, 0.717) is 22.9 Å². The van der Waals surface area contributed by atoms with Crippen LogP contribution < -0.4 is 9.47 Å². The van der Waals surface area contributed by atoms with Crippen LogP contribution in [0.1, 0.15) is 0 Å². The molecule has 0 bridgehead atoms. The third-order valence-corrected chi connectivity index (χ3v) is 3.15. The number of benzene rings is 1. The SMILES string of the molecule is N#CCOc1cc(OCCO)ccc1-c1nc2cnccc2[nH]1. The monoisotopic (exact) mass is 310 g/mol. The summed E-state index contributed by atoms with van der Waals surface area (Å²) in [5, 5.41) is 17.6. The van der Waals surface area contributed by atoms with Gasteiger partial charge in [-0.1, -0.05) is 0 Å². The van der Waals surface area contributed by atoms with Gasteiger partial charge < -0.3 is 19.6 Å². The molecule has 3 aromatic rings. The number of nitrogens with one attached hydrogen (secondary N) is 1. The average Bonchev–Trinajstić information content (AvgIpc) is 3.02. The standard InChI is InChI=1S/C16H14N4O3/c17-4-7-23-15-9-11(22-8-6-21)1-2-12(15)16-19-13-3-5-18-10-14(13)20-16/h1-3,5,9-10,21H,6-8H2,(H,19,20). The second-order valence-corrected chi connectivity index (χ2v) is 4.66. The van der Waals surface area contributed by atoms with Crippen molar-refractivity contribution in [3.63, 3.8) is 0 Å². The first-order chi connectivity index (χ1) is 11.3. The summed E-state index contributed by atoms with van der Waals surface area (Å²) in [5.41, 5.74) is 2.32. The first kappa shape index (κ1) is 14.8. The summed E-state index contributed by atoms with van der Waals surface area (Å²) in [7, 11) is 0. The van der Waals surface area contributed by atoms with Crippen LogP contribution >= 0.6 is 0 Å². The Labute approximate surface area is 132 Å². The molecule has 0 radical (unpaired) electrons. The lowest BCUT2D eigenvalue weighted by Crippen LogP contribution is -2.03. The number of pyridine rings is 1. The molecule has 23 heavy (non-hydrogen) atoms. The molecule has 7 heteroatoms. The second-order valence-electron chi connectivity index (χ2n) is 4.66. The Hall–Kier alpha value is -3.11. The van der Waals surface area contributed by atoms with E-state index in [0.717, 1.165) is 11.0 Å². The van der Waals surface area contributed by atoms with Gasteiger partial charge in [-0.15, -0.1) is 0 Å². The predicted octanol–water partition coefficient (Wildman–Crippen LogP) is 1.90. The van der Waals surface area contributed by atoms with E-state index in [1.807, 2.05) is 12.1 Å². The van der Waals surface area contributed by atoms with Crippen molar-refractivity contribution in [2.24, 2.45) is 0 Å². The molecule has 0 saturated heterocycles. The lowest BCUT2D eigenvalue weighted by Gasteiger charge is -2.10. The van der Waals surface area contributed by atoms with Crippen LogP contribution in [0.5, 0.6) is 11.5 Å². The van der Waals surface area contributed by atoms with Gasteiger partial charge in [-0.05, 0) is 18.2 Å². The summed E-state index contributed by atoms with van der Waals surface area (Å²) >= 11 is 0. The van der Waals surface area contributed by atoms with Crippen molar-refractivity contribution >= 4 is 11.0 Å². The van der Waals surface area contributed by atoms with Gasteiger partial charge in [-0.25, -0.2) is 4.98 Å². The molecule has 0 spiro atoms. The Bertz CT molecular complexity index is 821. The van der Waals surface area contributed by atoms with Crippen molar-refractivity contribution in [1.82, 2.24) is 15.0 Å². The van der Waals surface area contributed by atoms with Gasteiger partial charge in [0.05, 0.1) is 23.9 Å². The molecule has 0 fully saturated rings. The minimum Gasteiger partial charge on any atom is -0.491 e. The van der Waals surface area contributed by atoms with E-state index in [9.17, 15) is 0 Å². The topological polar surface area (TPSA) is 104 Å². The van der Waals surface area contributed by atoms with Crippen LogP contribution in [0.15, 0.2) is 36.7 Å². The highest BCUT2D eigenvalue weighted by Gasteiger charge is 2.13. The third-order valence-electron chi connectivity index (χ3n) is 3.15. The van der Waals surface area contributed by atoms with Gasteiger partial charge in [0.25, 0.3) is 0 Å². The van der Waals surface area contributed by atoms with Crippen molar-refractivity contribution < 1.29 is 14.6 Å². The van der Waals surface area contributed by atoms with E-state index in [1.165, 1.54) is 0 Å². The molecule has 0 aliphatic rings. The fourth-order valence-corrected chi connectivity index (χ4v) is 2.17. The van der Waals surface area contributed by atoms with E-state index < -0.39 is 0 Å². The number of aliphatic hydroxyl groups is 1. The number of rotatable bonds is 6. The zero-order valence-corrected chi connectivity index (χ0v) is 12.2. The maximum absolute atomic E-state index is 8.83. The van der Waals surface area contributed by atoms with Crippen LogP contribution in [-0.4, -0.2) is 39.9 Å². The van der Waals surface area contributed by atoms with E-state index in [4.69, 9.17) is 19.8 Å². The highest BCUT2D eigenvalue weighted by Crippen LogP contribution is 2.33. The quantitative estimate of drug-likeness (QED) is 0.720. The van der Waals surface area contributed by atoms with Crippen molar-refractivity contribution in [2.45, 2.75) is 0 Å². The minimum absolute atomic E-state index is 0.0767. The molecular weight excluding hydrogens is 296 g/mol. The minimum atomic E-state index is -0.0851. The zero-order valence-electron chi connectivity index (χ0n) is 12.2. The summed E-state index contributed by atoms with van der Waals surface area (Å²) in [5.74, 6) is 1.65. The Kier molecular flexibility index (Phi) is 4.36. The first-order valence-electron chi connectivity index (χ1n) is 6.99. The summed E-state index contributed by atoms with van der Waals surface area (Å²) in [4.78, 5) is 11.7. The molecular formula is C16H14N4O3. The predicted molar refractivity (Wildman–Crippen MR) is 83.0 cm³/mol. The zero-order chi connectivity index (χ0) is 16.1. The normalized spacial score (nSPS) is 10.4. The number of ether oxygens (including phenoxy) is 2. The van der Waals surface area contributed by atoms with Crippen LogP contribution in [-0.2, 0) is 0 Å². The van der Waals surface area contributed by atoms with Crippen LogP contribution in [0.25, 0.3) is 22.4 Å². The summed E-state index contributed by atoms with van der Waals surface area (Å²) in [6.45, 7) is 0.0261. The van der Waals surface area contributed by atoms with Gasteiger partial charge in [-0.2, -0.15) is 5.26 Å². The third kappa shape index (κ3) is 3.22. The second kappa shape index (κ2) is 6.77. The molecule has 2 N–H and O–H groups in total. The number of nitriles is 1. The fraction of sp³-hybridized carbons (Fsp3) is 0.188. The number of hydrogen-bond acceptors (Lipinski definition) is 6. The fourth-order valence-electron chi connectivity index (χ4n) is 2.17. The number of aliphatic hydroxyl groups excluding tert-OH is 1. The van der Waals surface area contributed by atoms with Crippen molar-refractivity contribution in [2.75, 3.05) is 19.8 Å². The number of aromatic nitrogens is 3. The van der Waals surface area contributed by atoms with E-state index in [2.05, 4.69) is 15.0 Å². The van der Waals surface area contributed by atoms with Gasteiger partial charge >= 0.3 is 0 Å². The van der Waals surface area contributed by atoms with Crippen molar-refractivity contribution in [3.8, 4) is 29.0 Å². The highest BCUT2D eigenvalue weighted by atomic mass is 16.5. The molecule has 116 valence electrons. The summed E-state index contributed by atoms with van der Waals surface area (Å²) < 4.78 is 10.9. The van der Waals surface area contributed by atoms with Crippen LogP contribution in [0.2, 0.25) is 0 Å². The molecule has 2 heterocycles. The summed E-state index contributed by atoms with van der Waals surface area (Å²) in [6.07, 6.45) is 3.35. The molecule has 0 aliphatic heterocycles. The van der Waals surface area contributed by atoms with Gasteiger partial charge in [0.2, 0.25) is 0 Å². The number of hydrogen-bond donors (Lipinski definition) is 2. The maximum Gasteiger partial charge on any atom is 0.174 e. The maximum atomic E-state index is 8.83. The molecule has 0 atom stereocenters. The van der Waals surface area contributed by atoms with Gasteiger partial charge in [-0.3, -0.25) is 4.98 Å². The molecule has 0 unspecified atom stereocenters. The van der Waals surface area contributed by atoms with Crippen molar-refractivity contribution in [1.29, 1.82) is 5.26 Å². The lowest BCUT2D eigenvalue weighted by molar-refractivity contribution is 0.201. The molecule has 2 aromatic heterocycles. The van der Waals surface area contributed by atoms with E-state index in [1.54, 1.807) is 30.6 Å². The van der Waals surface area contributed by atoms with Crippen molar-refractivity contribution in [3.05, 3.63) is 36.7 Å². The molecule has 3 rings (SSSR count). The molecule has 0 saturated carbocycles. The first-order valence-corrected chi connectivity index (χ1v) is 6.99. The number of aromatic amines is 1. The lowest BCUT2D eigenvalue weighted by atomic mass is 10.2. The summed E-state index contributed by atoms with van der Waals surface area (Å²) in [6, 6.07) is 9.00. The van der Waals surface area contributed by atoms with E-state index >= 15 is 0 Å². The van der Waals surface area contributed by atoms with Gasteiger partial charge in [0.15, 0.2) is 6.61 Å². The number of H-pyrrole nitrogens is 1. The average molecular weight is 310 g/mol. The molecule has 1 aromatic carbocycles. The van der Waals surface area contributed by atoms with Crippen LogP contribution in [0.3, 0.4) is 0 Å². The Balaban J connectivity index is 2.00.